The predicted octanol–water partition coefficient (Wildman–Crippen LogP) is 3.17. The molecule has 1 fully saturated rings. The maximum atomic E-state index is 14.1. The summed E-state index contributed by atoms with van der Waals surface area (Å²) in [5.74, 6) is -3.04. The van der Waals surface area contributed by atoms with Crippen molar-refractivity contribution in [2.45, 2.75) is 32.1 Å². The molecule has 1 aromatic carbocycles. The van der Waals surface area contributed by atoms with Gasteiger partial charge in [0.05, 0.1) is 0 Å². The molecule has 0 spiro atoms. The summed E-state index contributed by atoms with van der Waals surface area (Å²) in [6, 6.07) is 7.43. The Morgan fingerprint density at radius 3 is 2.53 bits per heavy atom. The second kappa shape index (κ2) is 5.13. The standard InChI is InChI=1S/C14H19F2N/c1-11-4-2-3-5-12(11)10-14(15,16)13-6-8-17-9-7-13/h2-5,13,17H,6-10H2,1H3. The fourth-order valence-electron chi connectivity index (χ4n) is 2.45. The Balaban J connectivity index is 2.08. The van der Waals surface area contributed by atoms with E-state index in [0.29, 0.717) is 25.9 Å². The van der Waals surface area contributed by atoms with Gasteiger partial charge in [-0.3, -0.25) is 0 Å². The highest BCUT2D eigenvalue weighted by Gasteiger charge is 2.39. The SMILES string of the molecule is Cc1ccccc1CC(F)(F)C1CCNCC1. The lowest BCUT2D eigenvalue weighted by atomic mass is 9.87. The average molecular weight is 239 g/mol. The molecule has 0 amide bonds. The van der Waals surface area contributed by atoms with Gasteiger partial charge in [0.15, 0.2) is 0 Å². The Hall–Kier alpha value is -0.960. The predicted molar refractivity (Wildman–Crippen MR) is 65.4 cm³/mol. The summed E-state index contributed by atoms with van der Waals surface area (Å²) in [5, 5.41) is 3.13. The van der Waals surface area contributed by atoms with Crippen molar-refractivity contribution in [2.75, 3.05) is 13.1 Å². The van der Waals surface area contributed by atoms with Gasteiger partial charge in [-0.05, 0) is 44.0 Å². The maximum absolute atomic E-state index is 14.1. The first kappa shape index (κ1) is 12.5. The van der Waals surface area contributed by atoms with Crippen LogP contribution in [0.3, 0.4) is 0 Å². The van der Waals surface area contributed by atoms with E-state index < -0.39 is 11.8 Å². The first-order chi connectivity index (χ1) is 8.09. The van der Waals surface area contributed by atoms with Crippen molar-refractivity contribution in [2.24, 2.45) is 5.92 Å². The lowest BCUT2D eigenvalue weighted by Crippen LogP contribution is -2.39. The minimum Gasteiger partial charge on any atom is -0.317 e. The average Bonchev–Trinajstić information content (AvgIpc) is 2.33. The molecule has 0 aromatic heterocycles. The molecule has 0 atom stereocenters. The molecule has 0 bridgehead atoms. The van der Waals surface area contributed by atoms with Crippen molar-refractivity contribution in [1.82, 2.24) is 5.32 Å². The Kier molecular flexibility index (Phi) is 3.77. The lowest BCUT2D eigenvalue weighted by Gasteiger charge is -2.30. The van der Waals surface area contributed by atoms with Crippen molar-refractivity contribution in [3.05, 3.63) is 35.4 Å². The molecule has 17 heavy (non-hydrogen) atoms. The molecule has 0 unspecified atom stereocenters. The number of aryl methyl sites for hydroxylation is 1. The third-order valence-corrected chi connectivity index (χ3v) is 3.62. The van der Waals surface area contributed by atoms with Crippen LogP contribution in [0, 0.1) is 12.8 Å². The molecule has 1 aromatic rings. The summed E-state index contributed by atoms with van der Waals surface area (Å²) in [4.78, 5) is 0. The van der Waals surface area contributed by atoms with Gasteiger partial charge in [0.2, 0.25) is 0 Å². The normalized spacial score (nSPS) is 18.3. The maximum Gasteiger partial charge on any atom is 0.255 e. The second-order valence-corrected chi connectivity index (χ2v) is 4.89. The van der Waals surface area contributed by atoms with Gasteiger partial charge in [0, 0.05) is 12.3 Å². The van der Waals surface area contributed by atoms with Crippen molar-refractivity contribution in [1.29, 1.82) is 0 Å². The molecule has 1 saturated heterocycles. The van der Waals surface area contributed by atoms with E-state index in [-0.39, 0.29) is 6.42 Å². The highest BCUT2D eigenvalue weighted by atomic mass is 19.3. The molecule has 0 radical (unpaired) electrons. The van der Waals surface area contributed by atoms with Crippen molar-refractivity contribution >= 4 is 0 Å². The van der Waals surface area contributed by atoms with Crippen LogP contribution in [0.15, 0.2) is 24.3 Å². The fourth-order valence-corrected chi connectivity index (χ4v) is 2.45. The molecule has 1 nitrogen and oxygen atoms in total. The molecule has 1 aliphatic rings. The Morgan fingerprint density at radius 2 is 1.88 bits per heavy atom. The number of benzene rings is 1. The fraction of sp³-hybridized carbons (Fsp3) is 0.571. The third-order valence-electron chi connectivity index (χ3n) is 3.62. The molecule has 1 heterocycles. The van der Waals surface area contributed by atoms with Gasteiger partial charge in [-0.2, -0.15) is 0 Å². The number of hydrogen-bond acceptors (Lipinski definition) is 1. The molecular formula is C14H19F2N. The van der Waals surface area contributed by atoms with Gasteiger partial charge in [-0.15, -0.1) is 0 Å². The molecular weight excluding hydrogens is 220 g/mol. The van der Waals surface area contributed by atoms with Gasteiger partial charge in [0.25, 0.3) is 5.92 Å². The second-order valence-electron chi connectivity index (χ2n) is 4.89. The topological polar surface area (TPSA) is 12.0 Å². The number of rotatable bonds is 3. The number of nitrogens with one attached hydrogen (secondary N) is 1. The van der Waals surface area contributed by atoms with Crippen LogP contribution < -0.4 is 5.32 Å². The largest absolute Gasteiger partial charge is 0.317 e. The first-order valence-corrected chi connectivity index (χ1v) is 6.22. The van der Waals surface area contributed by atoms with E-state index in [1.54, 1.807) is 0 Å². The van der Waals surface area contributed by atoms with E-state index in [9.17, 15) is 8.78 Å². The van der Waals surface area contributed by atoms with E-state index in [4.69, 9.17) is 0 Å². The smallest absolute Gasteiger partial charge is 0.255 e. The zero-order valence-electron chi connectivity index (χ0n) is 10.2. The van der Waals surface area contributed by atoms with Crippen LogP contribution in [0.2, 0.25) is 0 Å². The number of piperidine rings is 1. The Bertz CT molecular complexity index is 370. The van der Waals surface area contributed by atoms with E-state index >= 15 is 0 Å². The number of alkyl halides is 2. The van der Waals surface area contributed by atoms with E-state index in [1.807, 2.05) is 31.2 Å². The van der Waals surface area contributed by atoms with Crippen LogP contribution in [0.25, 0.3) is 0 Å². The van der Waals surface area contributed by atoms with Crippen LogP contribution >= 0.6 is 0 Å². The summed E-state index contributed by atoms with van der Waals surface area (Å²) in [6.07, 6.45) is 1.04. The monoisotopic (exact) mass is 239 g/mol. The molecule has 1 N–H and O–H groups in total. The van der Waals surface area contributed by atoms with Crippen molar-refractivity contribution in [3.8, 4) is 0 Å². The van der Waals surface area contributed by atoms with E-state index in [0.717, 1.165) is 11.1 Å². The van der Waals surface area contributed by atoms with Crippen molar-refractivity contribution < 1.29 is 8.78 Å². The van der Waals surface area contributed by atoms with E-state index in [2.05, 4.69) is 5.32 Å². The van der Waals surface area contributed by atoms with Crippen LogP contribution in [0.5, 0.6) is 0 Å². The van der Waals surface area contributed by atoms with Crippen LogP contribution in [0.4, 0.5) is 8.78 Å². The molecule has 0 aliphatic carbocycles. The number of hydrogen-bond donors (Lipinski definition) is 1. The van der Waals surface area contributed by atoms with Gasteiger partial charge >= 0.3 is 0 Å². The molecule has 3 heteroatoms. The quantitative estimate of drug-likeness (QED) is 0.854. The van der Waals surface area contributed by atoms with Gasteiger partial charge in [-0.25, -0.2) is 8.78 Å². The Labute approximate surface area is 101 Å². The van der Waals surface area contributed by atoms with Crippen LogP contribution in [-0.2, 0) is 6.42 Å². The van der Waals surface area contributed by atoms with Crippen LogP contribution in [-0.4, -0.2) is 19.0 Å². The van der Waals surface area contributed by atoms with Gasteiger partial charge in [0.1, 0.15) is 0 Å². The highest BCUT2D eigenvalue weighted by Crippen LogP contribution is 2.34. The minimum atomic E-state index is -2.58. The summed E-state index contributed by atoms with van der Waals surface area (Å²) < 4.78 is 28.3. The summed E-state index contributed by atoms with van der Waals surface area (Å²) in [5.41, 5.74) is 1.73. The number of halogens is 2. The first-order valence-electron chi connectivity index (χ1n) is 6.22. The summed E-state index contributed by atoms with van der Waals surface area (Å²) >= 11 is 0. The van der Waals surface area contributed by atoms with Gasteiger partial charge < -0.3 is 5.32 Å². The zero-order chi connectivity index (χ0) is 12.3. The Morgan fingerprint density at radius 1 is 1.24 bits per heavy atom. The summed E-state index contributed by atoms with van der Waals surface area (Å²) in [6.45, 7) is 3.33. The minimum absolute atomic E-state index is 0.121. The summed E-state index contributed by atoms with van der Waals surface area (Å²) in [7, 11) is 0. The molecule has 1 aliphatic heterocycles. The van der Waals surface area contributed by atoms with Crippen molar-refractivity contribution in [3.63, 3.8) is 0 Å². The van der Waals surface area contributed by atoms with Gasteiger partial charge in [-0.1, -0.05) is 24.3 Å². The van der Waals surface area contributed by atoms with E-state index in [1.165, 1.54) is 0 Å². The molecule has 0 saturated carbocycles. The highest BCUT2D eigenvalue weighted by molar-refractivity contribution is 5.26. The lowest BCUT2D eigenvalue weighted by molar-refractivity contribution is -0.0676. The molecule has 2 rings (SSSR count). The van der Waals surface area contributed by atoms with Crippen LogP contribution in [0.1, 0.15) is 24.0 Å². The zero-order valence-corrected chi connectivity index (χ0v) is 10.2. The molecule has 94 valence electrons. The third kappa shape index (κ3) is 3.03.